The molecule has 0 aromatic heterocycles. The second kappa shape index (κ2) is 5.42. The Labute approximate surface area is 132 Å². The Morgan fingerprint density at radius 1 is 1.18 bits per heavy atom. The molecular weight excluding hydrogens is 304 g/mol. The Morgan fingerprint density at radius 2 is 1.86 bits per heavy atom. The maximum atomic E-state index is 12.5. The molecule has 1 aliphatic carbocycles. The predicted octanol–water partition coefficient (Wildman–Crippen LogP) is 3.92. The van der Waals surface area contributed by atoms with Gasteiger partial charge in [0.2, 0.25) is 5.91 Å². The van der Waals surface area contributed by atoms with Gasteiger partial charge in [-0.3, -0.25) is 14.9 Å². The van der Waals surface area contributed by atoms with E-state index in [0.717, 1.165) is 18.4 Å². The van der Waals surface area contributed by atoms with Crippen LogP contribution in [0.25, 0.3) is 0 Å². The molecule has 112 valence electrons. The zero-order chi connectivity index (χ0) is 15.7. The molecular formula is C16H13ClN2O3. The van der Waals surface area contributed by atoms with Crippen LogP contribution in [0.1, 0.15) is 18.4 Å². The number of anilines is 1. The Balaban J connectivity index is 1.78. The lowest BCUT2D eigenvalue weighted by atomic mass is 9.95. The molecule has 0 heterocycles. The van der Waals surface area contributed by atoms with Crippen LogP contribution >= 0.6 is 11.6 Å². The number of nitrogens with zero attached hydrogens (tertiary/aromatic N) is 1. The summed E-state index contributed by atoms with van der Waals surface area (Å²) in [5.74, 6) is -0.108. The maximum absolute atomic E-state index is 12.5. The van der Waals surface area contributed by atoms with Crippen LogP contribution in [-0.2, 0) is 10.2 Å². The Kier molecular flexibility index (Phi) is 3.58. The lowest BCUT2D eigenvalue weighted by molar-refractivity contribution is -0.384. The number of amides is 1. The minimum atomic E-state index is -0.535. The van der Waals surface area contributed by atoms with Crippen molar-refractivity contribution in [1.82, 2.24) is 0 Å². The smallest absolute Gasteiger partial charge is 0.269 e. The molecule has 1 fully saturated rings. The number of carbonyl (C=O) groups excluding carboxylic acids is 1. The summed E-state index contributed by atoms with van der Waals surface area (Å²) in [6.45, 7) is 0. The van der Waals surface area contributed by atoms with Crippen molar-refractivity contribution in [3.63, 3.8) is 0 Å². The van der Waals surface area contributed by atoms with Crippen molar-refractivity contribution < 1.29 is 9.72 Å². The van der Waals surface area contributed by atoms with Crippen molar-refractivity contribution in [1.29, 1.82) is 0 Å². The minimum absolute atomic E-state index is 0.00558. The molecule has 0 radical (unpaired) electrons. The molecule has 6 heteroatoms. The van der Waals surface area contributed by atoms with Crippen LogP contribution in [0.4, 0.5) is 11.4 Å². The first kappa shape index (κ1) is 14.5. The van der Waals surface area contributed by atoms with Crippen molar-refractivity contribution in [3.8, 4) is 0 Å². The summed E-state index contributed by atoms with van der Waals surface area (Å²) < 4.78 is 0. The lowest BCUT2D eigenvalue weighted by Crippen LogP contribution is -2.27. The third kappa shape index (κ3) is 2.67. The fraction of sp³-hybridized carbons (Fsp3) is 0.188. The first-order valence-corrected chi connectivity index (χ1v) is 7.21. The van der Waals surface area contributed by atoms with Gasteiger partial charge in [0.05, 0.1) is 10.3 Å². The van der Waals surface area contributed by atoms with Gasteiger partial charge in [0.25, 0.3) is 5.69 Å². The average Bonchev–Trinajstić information content (AvgIpc) is 3.29. The van der Waals surface area contributed by atoms with E-state index in [1.165, 1.54) is 24.3 Å². The van der Waals surface area contributed by atoms with E-state index in [1.54, 1.807) is 6.07 Å². The molecule has 3 rings (SSSR count). The topological polar surface area (TPSA) is 72.2 Å². The van der Waals surface area contributed by atoms with Crippen molar-refractivity contribution in [2.75, 3.05) is 5.32 Å². The Hall–Kier alpha value is -2.40. The van der Waals surface area contributed by atoms with E-state index in [-0.39, 0.29) is 11.6 Å². The molecule has 5 nitrogen and oxygen atoms in total. The molecule has 0 saturated heterocycles. The van der Waals surface area contributed by atoms with Crippen molar-refractivity contribution in [3.05, 3.63) is 69.2 Å². The monoisotopic (exact) mass is 316 g/mol. The molecule has 0 unspecified atom stereocenters. The van der Waals surface area contributed by atoms with E-state index in [4.69, 9.17) is 11.6 Å². The number of halogens is 1. The number of hydrogen-bond acceptors (Lipinski definition) is 3. The van der Waals surface area contributed by atoms with Crippen molar-refractivity contribution in [2.45, 2.75) is 18.3 Å². The van der Waals surface area contributed by atoms with Gasteiger partial charge < -0.3 is 5.32 Å². The van der Waals surface area contributed by atoms with Gasteiger partial charge in [0, 0.05) is 22.8 Å². The van der Waals surface area contributed by atoms with Gasteiger partial charge in [0.15, 0.2) is 0 Å². The van der Waals surface area contributed by atoms with E-state index in [2.05, 4.69) is 5.32 Å². The zero-order valence-electron chi connectivity index (χ0n) is 11.6. The average molecular weight is 317 g/mol. The number of benzene rings is 2. The second-order valence-corrected chi connectivity index (χ2v) is 5.79. The van der Waals surface area contributed by atoms with Crippen molar-refractivity contribution >= 4 is 28.9 Å². The third-order valence-electron chi connectivity index (χ3n) is 3.90. The minimum Gasteiger partial charge on any atom is -0.325 e. The molecule has 1 amide bonds. The summed E-state index contributed by atoms with van der Waals surface area (Å²) in [5.41, 5.74) is 0.907. The van der Waals surface area contributed by atoms with Crippen LogP contribution in [-0.4, -0.2) is 10.8 Å². The summed E-state index contributed by atoms with van der Waals surface area (Å²) in [5, 5.41) is 14.1. The number of carbonyl (C=O) groups is 1. The lowest BCUT2D eigenvalue weighted by Gasteiger charge is -2.16. The molecule has 0 spiro atoms. The highest BCUT2D eigenvalue weighted by atomic mass is 35.5. The number of nitro groups is 1. The quantitative estimate of drug-likeness (QED) is 0.686. The number of rotatable bonds is 4. The first-order valence-electron chi connectivity index (χ1n) is 6.83. The molecule has 2 aromatic carbocycles. The molecule has 0 atom stereocenters. The van der Waals surface area contributed by atoms with E-state index < -0.39 is 10.3 Å². The van der Waals surface area contributed by atoms with E-state index >= 15 is 0 Å². The van der Waals surface area contributed by atoms with Crippen LogP contribution in [0.3, 0.4) is 0 Å². The zero-order valence-corrected chi connectivity index (χ0v) is 12.3. The summed E-state index contributed by atoms with van der Waals surface area (Å²) in [4.78, 5) is 22.7. The van der Waals surface area contributed by atoms with Gasteiger partial charge in [0.1, 0.15) is 0 Å². The largest absolute Gasteiger partial charge is 0.325 e. The normalized spacial score (nSPS) is 15.1. The molecule has 0 aliphatic heterocycles. The number of nitro benzene ring substituents is 1. The third-order valence-corrected chi connectivity index (χ3v) is 4.13. The Bertz CT molecular complexity index is 739. The summed E-state index contributed by atoms with van der Waals surface area (Å²) in [6.07, 6.45) is 1.54. The molecule has 1 N–H and O–H groups in total. The number of hydrogen-bond donors (Lipinski definition) is 1. The highest BCUT2D eigenvalue weighted by molar-refractivity contribution is 6.30. The SMILES string of the molecule is O=C(Nc1ccc([N+](=O)[O-])cc1)C1(c2cccc(Cl)c2)CC1. The van der Waals surface area contributed by atoms with Crippen LogP contribution in [0, 0.1) is 10.1 Å². The second-order valence-electron chi connectivity index (χ2n) is 5.35. The standard InChI is InChI=1S/C16H13ClN2O3/c17-12-3-1-2-11(10-12)16(8-9-16)15(20)18-13-4-6-14(7-5-13)19(21)22/h1-7,10H,8-9H2,(H,18,20). The van der Waals surface area contributed by atoms with Gasteiger partial charge in [-0.15, -0.1) is 0 Å². The van der Waals surface area contributed by atoms with Gasteiger partial charge in [-0.05, 0) is 42.7 Å². The van der Waals surface area contributed by atoms with Crippen molar-refractivity contribution in [2.24, 2.45) is 0 Å². The van der Waals surface area contributed by atoms with E-state index in [1.807, 2.05) is 18.2 Å². The van der Waals surface area contributed by atoms with Crippen LogP contribution in [0.15, 0.2) is 48.5 Å². The molecule has 22 heavy (non-hydrogen) atoms. The highest BCUT2D eigenvalue weighted by Gasteiger charge is 2.51. The van der Waals surface area contributed by atoms with Crippen LogP contribution < -0.4 is 5.32 Å². The van der Waals surface area contributed by atoms with Crippen LogP contribution in [0.5, 0.6) is 0 Å². The summed E-state index contributed by atoms with van der Waals surface area (Å²) in [7, 11) is 0. The van der Waals surface area contributed by atoms with Gasteiger partial charge >= 0.3 is 0 Å². The number of nitrogens with one attached hydrogen (secondary N) is 1. The van der Waals surface area contributed by atoms with Crippen LogP contribution in [0.2, 0.25) is 5.02 Å². The Morgan fingerprint density at radius 3 is 2.41 bits per heavy atom. The summed E-state index contributed by atoms with van der Waals surface area (Å²) >= 11 is 6.00. The molecule has 2 aromatic rings. The summed E-state index contributed by atoms with van der Waals surface area (Å²) in [6, 6.07) is 13.1. The van der Waals surface area contributed by atoms with Gasteiger partial charge in [-0.25, -0.2) is 0 Å². The molecule has 1 saturated carbocycles. The predicted molar refractivity (Wildman–Crippen MR) is 84.1 cm³/mol. The molecule has 1 aliphatic rings. The maximum Gasteiger partial charge on any atom is 0.269 e. The first-order chi connectivity index (χ1) is 10.5. The fourth-order valence-electron chi connectivity index (χ4n) is 2.48. The fourth-order valence-corrected chi connectivity index (χ4v) is 2.67. The number of non-ortho nitro benzene ring substituents is 1. The van der Waals surface area contributed by atoms with E-state index in [9.17, 15) is 14.9 Å². The molecule has 0 bridgehead atoms. The van der Waals surface area contributed by atoms with Gasteiger partial charge in [-0.2, -0.15) is 0 Å². The van der Waals surface area contributed by atoms with Gasteiger partial charge in [-0.1, -0.05) is 23.7 Å². The highest BCUT2D eigenvalue weighted by Crippen LogP contribution is 2.49. The van der Waals surface area contributed by atoms with E-state index in [0.29, 0.717) is 10.7 Å².